The topological polar surface area (TPSA) is 82.1 Å². The molecule has 1 N–H and O–H groups in total. The number of carbonyl (C=O) groups excluding carboxylic acids is 1. The van der Waals surface area contributed by atoms with Crippen molar-refractivity contribution in [3.63, 3.8) is 0 Å². The van der Waals surface area contributed by atoms with Crippen LogP contribution in [0.4, 0.5) is 0 Å². The standard InChI is InChI=1S/2C18H24O3/c1-14(2)6-5-7-15(3)10-11-21-17-9-8-16(13-19)18(12-17)20-4;1-13(2)6-5-7-14(3)10-11-21-17-9-8-16(18(19)20)12-15(17)4/h6,8-10,12-13H,5,7,11H2,1-4H3;6,8-10,12H,5,7,11H2,1-4H3,(H,19,20)/b15-10+;14-10+. The summed E-state index contributed by atoms with van der Waals surface area (Å²) in [7, 11) is 1.54. The van der Waals surface area contributed by atoms with Gasteiger partial charge in [0, 0.05) is 6.07 Å². The van der Waals surface area contributed by atoms with Crippen molar-refractivity contribution in [3.8, 4) is 17.2 Å². The number of aldehydes is 1. The van der Waals surface area contributed by atoms with Gasteiger partial charge in [0.2, 0.25) is 0 Å². The number of hydrogen-bond donors (Lipinski definition) is 1. The maximum Gasteiger partial charge on any atom is 0.335 e. The van der Waals surface area contributed by atoms with E-state index in [9.17, 15) is 9.59 Å². The monoisotopic (exact) mass is 576 g/mol. The molecule has 0 aliphatic carbocycles. The summed E-state index contributed by atoms with van der Waals surface area (Å²) >= 11 is 0. The van der Waals surface area contributed by atoms with Crippen LogP contribution >= 0.6 is 0 Å². The molecule has 2 aromatic carbocycles. The zero-order chi connectivity index (χ0) is 31.5. The van der Waals surface area contributed by atoms with E-state index < -0.39 is 5.97 Å². The molecule has 0 bridgehead atoms. The molecule has 42 heavy (non-hydrogen) atoms. The molecule has 2 aromatic rings. The van der Waals surface area contributed by atoms with Gasteiger partial charge in [-0.3, -0.25) is 4.79 Å². The summed E-state index contributed by atoms with van der Waals surface area (Å²) < 4.78 is 16.5. The molecule has 228 valence electrons. The molecular formula is C36H48O6. The van der Waals surface area contributed by atoms with Gasteiger partial charge in [-0.05, 0) is 122 Å². The number of allylic oxidation sites excluding steroid dienone is 6. The number of methoxy groups -OCH3 is 1. The molecule has 0 amide bonds. The highest BCUT2D eigenvalue weighted by molar-refractivity contribution is 5.88. The van der Waals surface area contributed by atoms with Crippen molar-refractivity contribution < 1.29 is 28.9 Å². The molecule has 0 heterocycles. The first-order chi connectivity index (χ1) is 20.0. The third kappa shape index (κ3) is 15.1. The normalized spacial score (nSPS) is 11.0. The van der Waals surface area contributed by atoms with Crippen LogP contribution in [-0.4, -0.2) is 37.7 Å². The number of carbonyl (C=O) groups is 2. The molecule has 0 fully saturated rings. The van der Waals surface area contributed by atoms with Gasteiger partial charge in [-0.1, -0.05) is 34.4 Å². The summed E-state index contributed by atoms with van der Waals surface area (Å²) in [4.78, 5) is 21.7. The van der Waals surface area contributed by atoms with Crippen molar-refractivity contribution in [2.24, 2.45) is 0 Å². The molecule has 0 radical (unpaired) electrons. The van der Waals surface area contributed by atoms with Gasteiger partial charge in [0.05, 0.1) is 18.2 Å². The smallest absolute Gasteiger partial charge is 0.335 e. The number of ether oxygens (including phenoxy) is 3. The first-order valence-electron chi connectivity index (χ1n) is 14.3. The fourth-order valence-electron chi connectivity index (χ4n) is 3.76. The van der Waals surface area contributed by atoms with E-state index in [1.807, 2.05) is 6.92 Å². The van der Waals surface area contributed by atoms with Gasteiger partial charge in [-0.15, -0.1) is 0 Å². The summed E-state index contributed by atoms with van der Waals surface area (Å²) in [6.45, 7) is 15.5. The molecule has 0 atom stereocenters. The van der Waals surface area contributed by atoms with Crippen LogP contribution in [0.5, 0.6) is 17.2 Å². The number of aryl methyl sites for hydroxylation is 1. The third-order valence-electron chi connectivity index (χ3n) is 6.29. The van der Waals surface area contributed by atoms with Gasteiger partial charge in [-0.2, -0.15) is 0 Å². The lowest BCUT2D eigenvalue weighted by atomic mass is 10.1. The summed E-state index contributed by atoms with van der Waals surface area (Å²) in [6, 6.07) is 10.1. The van der Waals surface area contributed by atoms with Crippen LogP contribution in [0.3, 0.4) is 0 Å². The van der Waals surface area contributed by atoms with Gasteiger partial charge < -0.3 is 19.3 Å². The zero-order valence-corrected chi connectivity index (χ0v) is 26.6. The van der Waals surface area contributed by atoms with Gasteiger partial charge in [0.25, 0.3) is 0 Å². The predicted molar refractivity (Wildman–Crippen MR) is 172 cm³/mol. The van der Waals surface area contributed by atoms with E-state index in [0.29, 0.717) is 30.3 Å². The van der Waals surface area contributed by atoms with Crippen LogP contribution in [0, 0.1) is 6.92 Å². The molecule has 6 heteroatoms. The van der Waals surface area contributed by atoms with Crippen LogP contribution in [0.1, 0.15) is 93.5 Å². The van der Waals surface area contributed by atoms with Gasteiger partial charge in [-0.25, -0.2) is 4.79 Å². The summed E-state index contributed by atoms with van der Waals surface area (Å²) in [6.07, 6.45) is 13.6. The maximum absolute atomic E-state index is 10.9. The molecule has 0 saturated carbocycles. The van der Waals surface area contributed by atoms with Gasteiger partial charge >= 0.3 is 5.97 Å². The summed E-state index contributed by atoms with van der Waals surface area (Å²) in [5, 5.41) is 8.92. The Morgan fingerprint density at radius 1 is 0.762 bits per heavy atom. The Kier molecular flexibility index (Phi) is 17.1. The Bertz CT molecular complexity index is 1270. The van der Waals surface area contributed by atoms with E-state index in [4.69, 9.17) is 19.3 Å². The largest absolute Gasteiger partial charge is 0.496 e. The first-order valence-corrected chi connectivity index (χ1v) is 14.3. The van der Waals surface area contributed by atoms with Gasteiger partial charge in [0.1, 0.15) is 30.5 Å². The molecule has 6 nitrogen and oxygen atoms in total. The van der Waals surface area contributed by atoms with Crippen molar-refractivity contribution >= 4 is 12.3 Å². The van der Waals surface area contributed by atoms with Crippen molar-refractivity contribution in [1.82, 2.24) is 0 Å². The Labute approximate surface area is 252 Å². The van der Waals surface area contributed by atoms with Crippen LogP contribution in [-0.2, 0) is 0 Å². The highest BCUT2D eigenvalue weighted by Crippen LogP contribution is 2.23. The maximum atomic E-state index is 10.9. The molecule has 0 saturated heterocycles. The third-order valence-corrected chi connectivity index (χ3v) is 6.29. The number of hydrogen-bond acceptors (Lipinski definition) is 5. The van der Waals surface area contributed by atoms with Crippen molar-refractivity contribution in [1.29, 1.82) is 0 Å². The van der Waals surface area contributed by atoms with E-state index in [-0.39, 0.29) is 5.56 Å². The van der Waals surface area contributed by atoms with E-state index in [0.717, 1.165) is 43.3 Å². The van der Waals surface area contributed by atoms with Crippen molar-refractivity contribution in [2.45, 2.75) is 74.1 Å². The SMILES string of the molecule is CC(C)=CCC/C(C)=C/COc1ccc(C(=O)O)cc1C.COc1cc(OC/C=C(\C)CCC=C(C)C)ccc1C=O. The Morgan fingerprint density at radius 3 is 1.81 bits per heavy atom. The Morgan fingerprint density at radius 2 is 1.33 bits per heavy atom. The Balaban J connectivity index is 0.000000420. The predicted octanol–water partition coefficient (Wildman–Crippen LogP) is 9.34. The van der Waals surface area contributed by atoms with E-state index in [1.165, 1.54) is 22.3 Å². The average Bonchev–Trinajstić information content (AvgIpc) is 2.93. The minimum Gasteiger partial charge on any atom is -0.496 e. The Hall–Kier alpha value is -4.06. The molecule has 2 rings (SSSR count). The second kappa shape index (κ2) is 19.9. The van der Waals surface area contributed by atoms with E-state index >= 15 is 0 Å². The second-order valence-corrected chi connectivity index (χ2v) is 10.7. The van der Waals surface area contributed by atoms with Crippen molar-refractivity contribution in [3.05, 3.63) is 99.7 Å². The number of aromatic carboxylic acids is 1. The van der Waals surface area contributed by atoms with E-state index in [1.54, 1.807) is 43.5 Å². The lowest BCUT2D eigenvalue weighted by Crippen LogP contribution is -2.00. The van der Waals surface area contributed by atoms with Crippen molar-refractivity contribution in [2.75, 3.05) is 20.3 Å². The average molecular weight is 577 g/mol. The zero-order valence-electron chi connectivity index (χ0n) is 26.6. The van der Waals surface area contributed by atoms with Gasteiger partial charge in [0.15, 0.2) is 6.29 Å². The first kappa shape index (κ1) is 36.0. The summed E-state index contributed by atoms with van der Waals surface area (Å²) in [5.74, 6) is 1.05. The summed E-state index contributed by atoms with van der Waals surface area (Å²) in [5.41, 5.74) is 6.95. The molecule has 0 unspecified atom stereocenters. The lowest BCUT2D eigenvalue weighted by molar-refractivity contribution is 0.0696. The minimum absolute atomic E-state index is 0.285. The number of rotatable bonds is 15. The highest BCUT2D eigenvalue weighted by Gasteiger charge is 2.06. The number of benzene rings is 2. The van der Waals surface area contributed by atoms with E-state index in [2.05, 4.69) is 65.8 Å². The molecular weight excluding hydrogens is 528 g/mol. The number of carboxylic acid groups (broad SMARTS) is 1. The molecule has 0 aliphatic heterocycles. The minimum atomic E-state index is -0.917. The second-order valence-electron chi connectivity index (χ2n) is 10.7. The highest BCUT2D eigenvalue weighted by atomic mass is 16.5. The molecule has 0 aromatic heterocycles. The quantitative estimate of drug-likeness (QED) is 0.168. The van der Waals surface area contributed by atoms with Crippen LogP contribution in [0.2, 0.25) is 0 Å². The lowest BCUT2D eigenvalue weighted by Gasteiger charge is -2.08. The van der Waals surface area contributed by atoms with Crippen LogP contribution in [0.25, 0.3) is 0 Å². The van der Waals surface area contributed by atoms with Crippen LogP contribution < -0.4 is 14.2 Å². The fraction of sp³-hybridized carbons (Fsp3) is 0.389. The number of carboxylic acids is 1. The van der Waals surface area contributed by atoms with Crippen LogP contribution in [0.15, 0.2) is 83.0 Å². The fourth-order valence-corrected chi connectivity index (χ4v) is 3.76. The molecule has 0 aliphatic rings. The molecule has 0 spiro atoms.